The monoisotopic (exact) mass is 742 g/mol. The zero-order valence-electron chi connectivity index (χ0n) is 29.2. The maximum absolute atomic E-state index is 13.6. The molecule has 0 aliphatic rings. The fraction of sp³-hybridized carbons (Fsp3) is 0.606. The molecule has 0 aliphatic heterocycles. The molecule has 2 rings (SSSR count). The van der Waals surface area contributed by atoms with Crippen LogP contribution in [0.25, 0.3) is 0 Å². The zero-order chi connectivity index (χ0) is 36.9. The van der Waals surface area contributed by atoms with Crippen molar-refractivity contribution in [2.24, 2.45) is 17.8 Å². The molecule has 0 aliphatic carbocycles. The Morgan fingerprint density at radius 3 is 2.29 bits per heavy atom. The van der Waals surface area contributed by atoms with Gasteiger partial charge in [-0.2, -0.15) is 12.6 Å². The van der Waals surface area contributed by atoms with Gasteiger partial charge in [-0.1, -0.05) is 53.2 Å². The number of phosphoric ester groups is 1. The lowest BCUT2D eigenvalue weighted by molar-refractivity contribution is -0.148. The highest BCUT2D eigenvalue weighted by molar-refractivity contribution is 7.80. The highest BCUT2D eigenvalue weighted by atomic mass is 32.1. The van der Waals surface area contributed by atoms with Gasteiger partial charge in [0, 0.05) is 50.7 Å². The van der Waals surface area contributed by atoms with Crippen LogP contribution in [0.2, 0.25) is 0 Å². The lowest BCUT2D eigenvalue weighted by Crippen LogP contribution is -2.42. The molecular weight excluding hydrogens is 691 g/mol. The number of benzene rings is 1. The van der Waals surface area contributed by atoms with E-state index in [0.717, 1.165) is 17.8 Å². The average Bonchev–Trinajstić information content (AvgIpc) is 3.52. The number of hydrogen-bond donors (Lipinski definition) is 5. The number of hydrogen-bond acceptors (Lipinski definition) is 10. The highest BCUT2D eigenvalue weighted by Gasteiger charge is 2.31. The van der Waals surface area contributed by atoms with E-state index in [9.17, 15) is 23.7 Å². The lowest BCUT2D eigenvalue weighted by Gasteiger charge is -2.34. The Morgan fingerprint density at radius 2 is 1.73 bits per heavy atom. The van der Waals surface area contributed by atoms with Gasteiger partial charge < -0.3 is 24.8 Å². The number of thiazole rings is 1. The number of phosphoric acid groups is 1. The van der Waals surface area contributed by atoms with Gasteiger partial charge >= 0.3 is 13.8 Å². The minimum Gasteiger partial charge on any atom is -0.455 e. The maximum Gasteiger partial charge on any atom is 0.524 e. The van der Waals surface area contributed by atoms with Crippen molar-refractivity contribution in [1.29, 1.82) is 0 Å². The molecule has 1 aromatic heterocycles. The molecule has 274 valence electrons. The summed E-state index contributed by atoms with van der Waals surface area (Å²) in [5.41, 5.74) is 0.649. The van der Waals surface area contributed by atoms with Crippen LogP contribution in [0.3, 0.4) is 0 Å². The third-order valence-corrected chi connectivity index (χ3v) is 9.86. The van der Waals surface area contributed by atoms with Gasteiger partial charge in [0.2, 0.25) is 11.8 Å². The van der Waals surface area contributed by atoms with Crippen LogP contribution in [0.5, 0.6) is 5.75 Å². The van der Waals surface area contributed by atoms with E-state index in [0.29, 0.717) is 42.1 Å². The Hall–Kier alpha value is -2.97. The number of thiol groups is 1. The van der Waals surface area contributed by atoms with Crippen molar-refractivity contribution in [1.82, 2.24) is 20.5 Å². The fourth-order valence-corrected chi connectivity index (χ4v) is 6.54. The summed E-state index contributed by atoms with van der Waals surface area (Å²) >= 11 is 5.33. The Bertz CT molecular complexity index is 1430. The van der Waals surface area contributed by atoms with Crippen LogP contribution in [0, 0.1) is 17.8 Å². The van der Waals surface area contributed by atoms with Crippen molar-refractivity contribution in [3.05, 3.63) is 45.9 Å². The summed E-state index contributed by atoms with van der Waals surface area (Å²) < 4.78 is 21.6. The molecule has 5 atom stereocenters. The number of aromatic nitrogens is 1. The Balaban J connectivity index is 2.34. The van der Waals surface area contributed by atoms with Gasteiger partial charge in [-0.05, 0) is 48.1 Å². The van der Waals surface area contributed by atoms with E-state index in [1.165, 1.54) is 19.1 Å². The van der Waals surface area contributed by atoms with Crippen molar-refractivity contribution in [2.45, 2.75) is 91.8 Å². The van der Waals surface area contributed by atoms with E-state index >= 15 is 0 Å². The van der Waals surface area contributed by atoms with E-state index in [4.69, 9.17) is 14.5 Å². The molecule has 1 unspecified atom stereocenters. The molecule has 0 saturated heterocycles. The smallest absolute Gasteiger partial charge is 0.455 e. The summed E-state index contributed by atoms with van der Waals surface area (Å²) in [4.78, 5) is 76.1. The van der Waals surface area contributed by atoms with Gasteiger partial charge in [-0.15, -0.1) is 11.3 Å². The number of ether oxygens (including phenoxy) is 1. The molecule has 0 saturated carbocycles. The number of carbonyl (C=O) groups excluding carboxylic acids is 4. The zero-order valence-corrected chi connectivity index (χ0v) is 31.9. The van der Waals surface area contributed by atoms with Crippen LogP contribution in [0.15, 0.2) is 29.6 Å². The molecule has 16 heteroatoms. The van der Waals surface area contributed by atoms with Crippen molar-refractivity contribution in [3.8, 4) is 5.75 Å². The molecule has 0 spiro atoms. The topological polar surface area (TPSA) is 184 Å². The number of rotatable bonds is 20. The summed E-state index contributed by atoms with van der Waals surface area (Å²) in [7, 11) is -3.01. The van der Waals surface area contributed by atoms with E-state index in [1.807, 2.05) is 27.7 Å². The minimum atomic E-state index is -4.77. The number of nitrogens with zero attached hydrogens (tertiary/aromatic N) is 2. The number of nitrogens with one attached hydrogen (secondary N) is 2. The first-order valence-corrected chi connectivity index (χ1v) is 19.4. The van der Waals surface area contributed by atoms with Crippen LogP contribution in [0.1, 0.15) is 107 Å². The SMILES string of the molecule is CC[C@H](C)CC(=O)N(C)[C@H](C[C@@H](OC(C)=O)c1nc(C(=O)N[C@H](CC(C)C(=O)NCCCS)c2ccc(OP(=O)(O)O)cc2)cs1)C(C)C. The molecular formula is C33H51N4O9PS2. The summed E-state index contributed by atoms with van der Waals surface area (Å²) in [6.07, 6.45) is 1.69. The Morgan fingerprint density at radius 1 is 1.08 bits per heavy atom. The summed E-state index contributed by atoms with van der Waals surface area (Å²) in [6, 6.07) is 4.89. The second kappa shape index (κ2) is 20.0. The second-order valence-electron chi connectivity index (χ2n) is 12.6. The quantitative estimate of drug-likeness (QED) is 0.0505. The van der Waals surface area contributed by atoms with Gasteiger partial charge in [0.05, 0.1) is 6.04 Å². The summed E-state index contributed by atoms with van der Waals surface area (Å²) in [5, 5.41) is 7.76. The minimum absolute atomic E-state index is 0.00539. The van der Waals surface area contributed by atoms with Crippen molar-refractivity contribution in [3.63, 3.8) is 0 Å². The standard InChI is InChI=1S/C33H51N4O9PS2/c1-8-21(4)16-30(39)37(7)28(20(2)3)18-29(45-23(6)38)33-36-27(19-49-33)32(41)35-26(17-22(5)31(40)34-14-9-15-48)24-10-12-25(13-11-24)46-47(42,43)44/h10-13,19-22,26,28-29,48H,8-9,14-18H2,1-7H3,(H,34,40)(H,35,41)(H2,42,43,44)/t21-,22?,26+,28+,29+/m0/s1. The van der Waals surface area contributed by atoms with Gasteiger partial charge in [0.15, 0.2) is 6.10 Å². The predicted molar refractivity (Wildman–Crippen MR) is 191 cm³/mol. The fourth-order valence-electron chi connectivity index (χ4n) is 5.14. The van der Waals surface area contributed by atoms with Gasteiger partial charge in [-0.25, -0.2) is 9.55 Å². The first kappa shape index (κ1) is 42.2. The van der Waals surface area contributed by atoms with Crippen molar-refractivity contribution in [2.75, 3.05) is 19.3 Å². The molecule has 49 heavy (non-hydrogen) atoms. The third kappa shape index (κ3) is 14.4. The van der Waals surface area contributed by atoms with E-state index < -0.39 is 37.8 Å². The average molecular weight is 743 g/mol. The molecule has 1 heterocycles. The van der Waals surface area contributed by atoms with Crippen LogP contribution >= 0.6 is 31.8 Å². The number of carbonyl (C=O) groups is 4. The van der Waals surface area contributed by atoms with Crippen LogP contribution in [-0.4, -0.2) is 68.7 Å². The molecule has 2 aromatic rings. The molecule has 4 N–H and O–H groups in total. The molecule has 0 bridgehead atoms. The molecule has 1 aromatic carbocycles. The predicted octanol–water partition coefficient (Wildman–Crippen LogP) is 5.46. The van der Waals surface area contributed by atoms with Crippen molar-refractivity contribution >= 4 is 55.5 Å². The van der Waals surface area contributed by atoms with Gasteiger partial charge in [0.25, 0.3) is 5.91 Å². The lowest BCUT2D eigenvalue weighted by atomic mass is 9.94. The van der Waals surface area contributed by atoms with Gasteiger partial charge in [0.1, 0.15) is 16.5 Å². The molecule has 3 amide bonds. The first-order chi connectivity index (χ1) is 22.9. The van der Waals surface area contributed by atoms with Crippen LogP contribution in [0.4, 0.5) is 0 Å². The van der Waals surface area contributed by atoms with Gasteiger partial charge in [-0.3, -0.25) is 29.0 Å². The summed E-state index contributed by atoms with van der Waals surface area (Å²) in [5.74, 6) is -0.921. The Labute approximate surface area is 298 Å². The maximum atomic E-state index is 13.6. The number of esters is 1. The number of amides is 3. The van der Waals surface area contributed by atoms with E-state index in [-0.39, 0.29) is 47.6 Å². The normalized spacial score (nSPS) is 14.7. The molecule has 0 fully saturated rings. The van der Waals surface area contributed by atoms with Crippen molar-refractivity contribution < 1.29 is 42.8 Å². The van der Waals surface area contributed by atoms with E-state index in [2.05, 4.69) is 32.8 Å². The second-order valence-corrected chi connectivity index (χ2v) is 15.1. The Kier molecular flexibility index (Phi) is 17.2. The van der Waals surface area contributed by atoms with Crippen LogP contribution < -0.4 is 15.2 Å². The van der Waals surface area contributed by atoms with Crippen LogP contribution in [-0.2, 0) is 23.7 Å². The first-order valence-electron chi connectivity index (χ1n) is 16.4. The highest BCUT2D eigenvalue weighted by Crippen LogP contribution is 2.38. The van der Waals surface area contributed by atoms with E-state index in [1.54, 1.807) is 36.4 Å². The third-order valence-electron chi connectivity index (χ3n) is 8.16. The largest absolute Gasteiger partial charge is 0.524 e. The molecule has 0 radical (unpaired) electrons. The molecule has 13 nitrogen and oxygen atoms in total. The summed E-state index contributed by atoms with van der Waals surface area (Å²) in [6.45, 7) is 11.6.